The number of methoxy groups -OCH3 is 1. The van der Waals surface area contributed by atoms with E-state index in [-0.39, 0.29) is 32.9 Å². The normalized spacial score (nSPS) is 11.0. The van der Waals surface area contributed by atoms with E-state index >= 15 is 0 Å². The summed E-state index contributed by atoms with van der Waals surface area (Å²) in [6.07, 6.45) is 0.927. The molecule has 28 heavy (non-hydrogen) atoms. The molecule has 0 spiro atoms. The van der Waals surface area contributed by atoms with Gasteiger partial charge in [-0.25, -0.2) is 8.42 Å². The zero-order valence-corrected chi connectivity index (χ0v) is 17.0. The van der Waals surface area contributed by atoms with Crippen LogP contribution in [0.3, 0.4) is 0 Å². The van der Waals surface area contributed by atoms with Crippen molar-refractivity contribution in [3.8, 4) is 5.75 Å². The Bertz CT molecular complexity index is 1030. The summed E-state index contributed by atoms with van der Waals surface area (Å²) in [5.74, 6) is -0.560. The molecular formula is C16H15Cl2N3O6S. The summed E-state index contributed by atoms with van der Waals surface area (Å²) in [4.78, 5) is 22.7. The van der Waals surface area contributed by atoms with Crippen molar-refractivity contribution in [2.75, 3.05) is 29.5 Å². The van der Waals surface area contributed by atoms with Crippen LogP contribution in [0.25, 0.3) is 0 Å². The summed E-state index contributed by atoms with van der Waals surface area (Å²) >= 11 is 11.8. The number of benzene rings is 2. The standard InChI is InChI=1S/C16H15Cl2N3O6S/c1-27-15-6-4-11(21(23)24)8-14(15)19-16(22)9-20(28(2,25)26)10-3-5-12(17)13(18)7-10/h3-8H,9H2,1-2H3,(H,19,22). The van der Waals surface area contributed by atoms with Crippen LogP contribution in [0.5, 0.6) is 5.75 Å². The van der Waals surface area contributed by atoms with Gasteiger partial charge in [0.2, 0.25) is 15.9 Å². The molecule has 0 radical (unpaired) electrons. The number of hydrogen-bond donors (Lipinski definition) is 1. The summed E-state index contributed by atoms with van der Waals surface area (Å²) in [6.45, 7) is -0.595. The van der Waals surface area contributed by atoms with Gasteiger partial charge in [-0.2, -0.15) is 0 Å². The maximum atomic E-state index is 12.4. The third kappa shape index (κ3) is 5.24. The van der Waals surface area contributed by atoms with E-state index in [1.165, 1.54) is 37.4 Å². The Balaban J connectivity index is 2.31. The molecule has 0 fully saturated rings. The number of amides is 1. The van der Waals surface area contributed by atoms with Crippen LogP contribution >= 0.6 is 23.2 Å². The fraction of sp³-hybridized carbons (Fsp3) is 0.188. The van der Waals surface area contributed by atoms with Gasteiger partial charge in [-0.3, -0.25) is 19.2 Å². The third-order valence-electron chi connectivity index (χ3n) is 3.55. The number of nitro benzene ring substituents is 1. The second-order valence-electron chi connectivity index (χ2n) is 5.56. The molecule has 0 saturated carbocycles. The van der Waals surface area contributed by atoms with Crippen LogP contribution < -0.4 is 14.4 Å². The van der Waals surface area contributed by atoms with Crippen LogP contribution in [0.2, 0.25) is 10.0 Å². The summed E-state index contributed by atoms with van der Waals surface area (Å²) in [5.41, 5.74) is -0.0945. The highest BCUT2D eigenvalue weighted by Crippen LogP contribution is 2.30. The molecule has 0 aliphatic rings. The van der Waals surface area contributed by atoms with Gasteiger partial charge in [0.25, 0.3) is 5.69 Å². The number of ether oxygens (including phenoxy) is 1. The Morgan fingerprint density at radius 2 is 1.89 bits per heavy atom. The molecule has 9 nitrogen and oxygen atoms in total. The van der Waals surface area contributed by atoms with Gasteiger partial charge in [0, 0.05) is 12.1 Å². The summed E-state index contributed by atoms with van der Waals surface area (Å²) < 4.78 is 30.2. The van der Waals surface area contributed by atoms with E-state index in [1.807, 2.05) is 0 Å². The van der Waals surface area contributed by atoms with Gasteiger partial charge in [0.1, 0.15) is 12.3 Å². The highest BCUT2D eigenvalue weighted by atomic mass is 35.5. The third-order valence-corrected chi connectivity index (χ3v) is 5.43. The fourth-order valence-corrected chi connectivity index (χ4v) is 3.41. The number of nitrogens with one attached hydrogen (secondary N) is 1. The molecule has 0 bridgehead atoms. The van der Waals surface area contributed by atoms with E-state index in [4.69, 9.17) is 27.9 Å². The van der Waals surface area contributed by atoms with Crippen LogP contribution in [0, 0.1) is 10.1 Å². The molecule has 0 atom stereocenters. The molecule has 2 aromatic rings. The van der Waals surface area contributed by atoms with Gasteiger partial charge in [-0.1, -0.05) is 23.2 Å². The first-order chi connectivity index (χ1) is 13.0. The van der Waals surface area contributed by atoms with Crippen molar-refractivity contribution in [1.29, 1.82) is 0 Å². The fourth-order valence-electron chi connectivity index (χ4n) is 2.27. The number of hydrogen-bond acceptors (Lipinski definition) is 6. The minimum atomic E-state index is -3.84. The number of anilines is 2. The van der Waals surface area contributed by atoms with E-state index in [2.05, 4.69) is 5.32 Å². The van der Waals surface area contributed by atoms with Gasteiger partial charge in [-0.05, 0) is 24.3 Å². The molecular weight excluding hydrogens is 433 g/mol. The minimum Gasteiger partial charge on any atom is -0.495 e. The quantitative estimate of drug-likeness (QED) is 0.513. The number of carbonyl (C=O) groups excluding carboxylic acids is 1. The number of sulfonamides is 1. The summed E-state index contributed by atoms with van der Waals surface area (Å²) in [6, 6.07) is 7.76. The molecule has 0 saturated heterocycles. The molecule has 1 N–H and O–H groups in total. The SMILES string of the molecule is COc1ccc([N+](=O)[O-])cc1NC(=O)CN(c1ccc(Cl)c(Cl)c1)S(C)(=O)=O. The number of carbonyl (C=O) groups is 1. The molecule has 12 heteroatoms. The Kier molecular flexibility index (Phi) is 6.70. The van der Waals surface area contributed by atoms with Crippen molar-refractivity contribution in [1.82, 2.24) is 0 Å². The lowest BCUT2D eigenvalue weighted by Crippen LogP contribution is -2.37. The summed E-state index contributed by atoms with van der Waals surface area (Å²) in [5, 5.41) is 13.7. The Labute approximate surface area is 171 Å². The second kappa shape index (κ2) is 8.63. The van der Waals surface area contributed by atoms with E-state index in [0.29, 0.717) is 0 Å². The van der Waals surface area contributed by atoms with Gasteiger partial charge >= 0.3 is 0 Å². The van der Waals surface area contributed by atoms with E-state index in [1.54, 1.807) is 0 Å². The Hall–Kier alpha value is -2.56. The van der Waals surface area contributed by atoms with Crippen LogP contribution in [0.1, 0.15) is 0 Å². The Morgan fingerprint density at radius 3 is 2.43 bits per heavy atom. The first kappa shape index (κ1) is 21.7. The van der Waals surface area contributed by atoms with Gasteiger partial charge in [0.05, 0.1) is 39.7 Å². The lowest BCUT2D eigenvalue weighted by Gasteiger charge is -2.22. The zero-order chi connectivity index (χ0) is 21.1. The lowest BCUT2D eigenvalue weighted by molar-refractivity contribution is -0.384. The highest BCUT2D eigenvalue weighted by molar-refractivity contribution is 7.92. The molecule has 150 valence electrons. The number of rotatable bonds is 7. The van der Waals surface area contributed by atoms with Crippen LogP contribution in [-0.4, -0.2) is 39.2 Å². The van der Waals surface area contributed by atoms with E-state index in [0.717, 1.165) is 16.6 Å². The molecule has 0 aromatic heterocycles. The lowest BCUT2D eigenvalue weighted by atomic mass is 10.2. The van der Waals surface area contributed by atoms with Crippen molar-refractivity contribution in [3.63, 3.8) is 0 Å². The monoisotopic (exact) mass is 447 g/mol. The second-order valence-corrected chi connectivity index (χ2v) is 8.28. The average Bonchev–Trinajstić information content (AvgIpc) is 2.61. The van der Waals surface area contributed by atoms with Gasteiger partial charge in [-0.15, -0.1) is 0 Å². The maximum absolute atomic E-state index is 12.4. The topological polar surface area (TPSA) is 119 Å². The van der Waals surface area contributed by atoms with Crippen molar-refractivity contribution in [3.05, 3.63) is 56.6 Å². The molecule has 2 aromatic carbocycles. The molecule has 1 amide bonds. The van der Waals surface area contributed by atoms with E-state index in [9.17, 15) is 23.3 Å². The minimum absolute atomic E-state index is 0.0317. The average molecular weight is 448 g/mol. The molecule has 0 heterocycles. The number of non-ortho nitro benzene ring substituents is 1. The largest absolute Gasteiger partial charge is 0.495 e. The maximum Gasteiger partial charge on any atom is 0.271 e. The first-order valence-electron chi connectivity index (χ1n) is 7.58. The predicted molar refractivity (Wildman–Crippen MR) is 107 cm³/mol. The highest BCUT2D eigenvalue weighted by Gasteiger charge is 2.23. The van der Waals surface area contributed by atoms with Crippen molar-refractivity contribution < 1.29 is 22.9 Å². The van der Waals surface area contributed by atoms with Gasteiger partial charge < -0.3 is 10.1 Å². The van der Waals surface area contributed by atoms with Crippen molar-refractivity contribution in [2.45, 2.75) is 0 Å². The van der Waals surface area contributed by atoms with Gasteiger partial charge in [0.15, 0.2) is 0 Å². The zero-order valence-electron chi connectivity index (χ0n) is 14.7. The first-order valence-corrected chi connectivity index (χ1v) is 10.2. The molecule has 0 aliphatic carbocycles. The van der Waals surface area contributed by atoms with Crippen LogP contribution in [0.15, 0.2) is 36.4 Å². The van der Waals surface area contributed by atoms with Crippen LogP contribution in [-0.2, 0) is 14.8 Å². The Morgan fingerprint density at radius 1 is 1.21 bits per heavy atom. The molecule has 0 aliphatic heterocycles. The number of nitro groups is 1. The van der Waals surface area contributed by atoms with Crippen molar-refractivity contribution in [2.24, 2.45) is 0 Å². The molecule has 0 unspecified atom stereocenters. The summed E-state index contributed by atoms with van der Waals surface area (Å²) in [7, 11) is -2.51. The van der Waals surface area contributed by atoms with Crippen LogP contribution in [0.4, 0.5) is 17.1 Å². The number of halogens is 2. The van der Waals surface area contributed by atoms with Crippen molar-refractivity contribution >= 4 is 56.2 Å². The predicted octanol–water partition coefficient (Wildman–Crippen LogP) is 3.31. The smallest absolute Gasteiger partial charge is 0.271 e. The molecule has 2 rings (SSSR count). The number of nitrogens with zero attached hydrogens (tertiary/aromatic N) is 2. The van der Waals surface area contributed by atoms with E-state index < -0.39 is 27.4 Å².